The molecular weight excluding hydrogens is 357 g/mol. The van der Waals surface area contributed by atoms with Gasteiger partial charge < -0.3 is 9.74 Å². The summed E-state index contributed by atoms with van der Waals surface area (Å²) >= 11 is 0. The molecule has 1 aliphatic rings. The fourth-order valence-corrected chi connectivity index (χ4v) is 3.11. The van der Waals surface area contributed by atoms with E-state index < -0.39 is 0 Å². The lowest BCUT2D eigenvalue weighted by atomic mass is 9.91. The number of halogens is 1. The van der Waals surface area contributed by atoms with E-state index in [-0.39, 0.29) is 29.8 Å². The zero-order chi connectivity index (χ0) is 20.1. The molecule has 0 saturated carbocycles. The van der Waals surface area contributed by atoms with Crippen LogP contribution in [-0.4, -0.2) is 34.2 Å². The fourth-order valence-electron chi connectivity index (χ4n) is 3.11. The standard InChI is InChI=1S/C22H26FN3O2/c1-22(2,3)13-21(27)26(14-16-8-4-5-9-18(16)23)15-17-12-20(25-28-17)19-10-6-7-11-24-19/h4-11,17H,12-15H2,1-3H3/t17-/m0/s1. The second kappa shape index (κ2) is 8.50. The Morgan fingerprint density at radius 3 is 2.64 bits per heavy atom. The van der Waals surface area contributed by atoms with E-state index in [9.17, 15) is 9.18 Å². The summed E-state index contributed by atoms with van der Waals surface area (Å²) in [5, 5.41) is 4.14. The van der Waals surface area contributed by atoms with Crippen LogP contribution in [0.15, 0.2) is 53.8 Å². The van der Waals surface area contributed by atoms with Crippen molar-refractivity contribution in [1.82, 2.24) is 9.88 Å². The number of aromatic nitrogens is 1. The van der Waals surface area contributed by atoms with E-state index in [1.165, 1.54) is 6.07 Å². The average molecular weight is 383 g/mol. The van der Waals surface area contributed by atoms with Gasteiger partial charge in [0.25, 0.3) is 0 Å². The van der Waals surface area contributed by atoms with Crippen molar-refractivity contribution >= 4 is 11.6 Å². The maximum Gasteiger partial charge on any atom is 0.223 e. The number of hydrogen-bond acceptors (Lipinski definition) is 4. The molecule has 0 spiro atoms. The van der Waals surface area contributed by atoms with E-state index in [4.69, 9.17) is 4.84 Å². The molecule has 0 unspecified atom stereocenters. The lowest BCUT2D eigenvalue weighted by molar-refractivity contribution is -0.135. The Labute approximate surface area is 165 Å². The zero-order valence-corrected chi connectivity index (χ0v) is 16.6. The summed E-state index contributed by atoms with van der Waals surface area (Å²) in [6.07, 6.45) is 2.38. The zero-order valence-electron chi connectivity index (χ0n) is 16.6. The van der Waals surface area contributed by atoms with Crippen LogP contribution in [-0.2, 0) is 16.2 Å². The first-order valence-electron chi connectivity index (χ1n) is 9.47. The summed E-state index contributed by atoms with van der Waals surface area (Å²) in [5.74, 6) is -0.334. The second-order valence-electron chi connectivity index (χ2n) is 8.29. The van der Waals surface area contributed by atoms with Gasteiger partial charge in [-0.05, 0) is 23.6 Å². The molecule has 148 valence electrons. The predicted molar refractivity (Wildman–Crippen MR) is 106 cm³/mol. The SMILES string of the molecule is CC(C)(C)CC(=O)N(Cc1ccccc1F)C[C@@H]1CC(c2ccccn2)=NO1. The molecule has 1 aromatic carbocycles. The van der Waals surface area contributed by atoms with Gasteiger partial charge in [-0.25, -0.2) is 4.39 Å². The number of rotatable bonds is 6. The molecule has 0 N–H and O–H groups in total. The van der Waals surface area contributed by atoms with E-state index in [1.807, 2.05) is 39.0 Å². The first-order valence-corrected chi connectivity index (χ1v) is 9.47. The molecule has 28 heavy (non-hydrogen) atoms. The van der Waals surface area contributed by atoms with Gasteiger partial charge in [0.1, 0.15) is 11.5 Å². The average Bonchev–Trinajstić information content (AvgIpc) is 3.11. The maximum atomic E-state index is 14.1. The van der Waals surface area contributed by atoms with Gasteiger partial charge in [-0.1, -0.05) is 50.2 Å². The summed E-state index contributed by atoms with van der Waals surface area (Å²) in [5.41, 5.74) is 1.87. The van der Waals surface area contributed by atoms with Gasteiger partial charge >= 0.3 is 0 Å². The smallest absolute Gasteiger partial charge is 0.223 e. The first-order chi connectivity index (χ1) is 13.3. The van der Waals surface area contributed by atoms with Crippen molar-refractivity contribution in [2.24, 2.45) is 10.6 Å². The van der Waals surface area contributed by atoms with Crippen LogP contribution in [0.1, 0.15) is 44.9 Å². The monoisotopic (exact) mass is 383 g/mol. The number of nitrogens with zero attached hydrogens (tertiary/aromatic N) is 3. The lowest BCUT2D eigenvalue weighted by Crippen LogP contribution is -2.39. The second-order valence-corrected chi connectivity index (χ2v) is 8.29. The minimum absolute atomic E-state index is 0.0226. The number of hydrogen-bond donors (Lipinski definition) is 0. The van der Waals surface area contributed by atoms with E-state index >= 15 is 0 Å². The highest BCUT2D eigenvalue weighted by Gasteiger charge is 2.29. The highest BCUT2D eigenvalue weighted by atomic mass is 19.1. The third-order valence-electron chi connectivity index (χ3n) is 4.47. The number of pyridine rings is 1. The fraction of sp³-hybridized carbons (Fsp3) is 0.409. The number of carbonyl (C=O) groups excluding carboxylic acids is 1. The van der Waals surface area contributed by atoms with Crippen molar-refractivity contribution in [3.63, 3.8) is 0 Å². The van der Waals surface area contributed by atoms with Crippen LogP contribution in [0.25, 0.3) is 0 Å². The van der Waals surface area contributed by atoms with Crippen molar-refractivity contribution < 1.29 is 14.0 Å². The Balaban J connectivity index is 1.71. The van der Waals surface area contributed by atoms with Crippen molar-refractivity contribution in [2.75, 3.05) is 6.54 Å². The van der Waals surface area contributed by atoms with Crippen molar-refractivity contribution in [3.05, 3.63) is 65.7 Å². The van der Waals surface area contributed by atoms with Crippen LogP contribution in [0, 0.1) is 11.2 Å². The Hall–Kier alpha value is -2.76. The molecule has 6 heteroatoms. The van der Waals surface area contributed by atoms with Crippen molar-refractivity contribution in [2.45, 2.75) is 46.3 Å². The maximum absolute atomic E-state index is 14.1. The van der Waals surface area contributed by atoms with Gasteiger partial charge in [0.05, 0.1) is 12.2 Å². The van der Waals surface area contributed by atoms with Crippen molar-refractivity contribution in [3.8, 4) is 0 Å². The summed E-state index contributed by atoms with van der Waals surface area (Å²) in [6, 6.07) is 12.2. The number of benzene rings is 1. The molecule has 0 aliphatic carbocycles. The minimum atomic E-state index is -0.311. The van der Waals surface area contributed by atoms with E-state index in [0.717, 1.165) is 11.4 Å². The Bertz CT molecular complexity index is 846. The van der Waals surface area contributed by atoms with Crippen LogP contribution in [0.4, 0.5) is 4.39 Å². The first kappa shape index (κ1) is 20.0. The van der Waals surface area contributed by atoms with Gasteiger partial charge in [0.15, 0.2) is 6.10 Å². The van der Waals surface area contributed by atoms with Crippen LogP contribution in [0.2, 0.25) is 0 Å². The number of amides is 1. The normalized spacial score (nSPS) is 16.4. The molecule has 1 aromatic heterocycles. The summed E-state index contributed by atoms with van der Waals surface area (Å²) < 4.78 is 14.1. The van der Waals surface area contributed by atoms with Crippen molar-refractivity contribution in [1.29, 1.82) is 0 Å². The number of carbonyl (C=O) groups is 1. The molecular formula is C22H26FN3O2. The highest BCUT2D eigenvalue weighted by molar-refractivity contribution is 5.99. The molecule has 0 radical (unpaired) electrons. The molecule has 1 aliphatic heterocycles. The highest BCUT2D eigenvalue weighted by Crippen LogP contribution is 2.23. The van der Waals surface area contributed by atoms with Gasteiger partial charge in [-0.2, -0.15) is 0 Å². The lowest BCUT2D eigenvalue weighted by Gasteiger charge is -2.28. The van der Waals surface area contributed by atoms with E-state index in [2.05, 4.69) is 10.1 Å². The third kappa shape index (κ3) is 5.38. The molecule has 2 aromatic rings. The molecule has 0 saturated heterocycles. The largest absolute Gasteiger partial charge is 0.390 e. The third-order valence-corrected chi connectivity index (χ3v) is 4.47. The Kier molecular flexibility index (Phi) is 6.07. The summed E-state index contributed by atoms with van der Waals surface area (Å²) in [7, 11) is 0. The van der Waals surface area contributed by atoms with Gasteiger partial charge in [0, 0.05) is 31.1 Å². The van der Waals surface area contributed by atoms with Crippen LogP contribution < -0.4 is 0 Å². The summed E-state index contributed by atoms with van der Waals surface area (Å²) in [6.45, 7) is 6.60. The van der Waals surface area contributed by atoms with E-state index in [1.54, 1.807) is 29.3 Å². The summed E-state index contributed by atoms with van der Waals surface area (Å²) in [4.78, 5) is 24.4. The topological polar surface area (TPSA) is 54.8 Å². The molecule has 0 fully saturated rings. The minimum Gasteiger partial charge on any atom is -0.390 e. The van der Waals surface area contributed by atoms with E-state index in [0.29, 0.717) is 24.9 Å². The predicted octanol–water partition coefficient (Wildman–Crippen LogP) is 4.18. The van der Waals surface area contributed by atoms with Crippen LogP contribution in [0.3, 0.4) is 0 Å². The molecule has 3 rings (SSSR count). The molecule has 1 amide bonds. The molecule has 0 bridgehead atoms. The quantitative estimate of drug-likeness (QED) is 0.752. The molecule has 2 heterocycles. The Morgan fingerprint density at radius 2 is 1.96 bits per heavy atom. The van der Waals surface area contributed by atoms with Gasteiger partial charge in [0.2, 0.25) is 5.91 Å². The van der Waals surface area contributed by atoms with Crippen LogP contribution >= 0.6 is 0 Å². The number of oxime groups is 1. The van der Waals surface area contributed by atoms with Crippen LogP contribution in [0.5, 0.6) is 0 Å². The van der Waals surface area contributed by atoms with Gasteiger partial charge in [-0.3, -0.25) is 9.78 Å². The van der Waals surface area contributed by atoms with Gasteiger partial charge in [-0.15, -0.1) is 0 Å². The molecule has 5 nitrogen and oxygen atoms in total. The molecule has 1 atom stereocenters. The Morgan fingerprint density at radius 1 is 1.21 bits per heavy atom.